The summed E-state index contributed by atoms with van der Waals surface area (Å²) in [5, 5.41) is 8.40. The van der Waals surface area contributed by atoms with Gasteiger partial charge in [-0.2, -0.15) is 5.26 Å². The Hall–Kier alpha value is -1.43. The van der Waals surface area contributed by atoms with Gasteiger partial charge in [0.25, 0.3) is 6.43 Å². The third kappa shape index (κ3) is 2.53. The molecule has 0 saturated heterocycles. The minimum Gasteiger partial charge on any atom is -0.205 e. The van der Waals surface area contributed by atoms with E-state index < -0.39 is 6.43 Å². The molecule has 1 nitrogen and oxygen atoms in total. The van der Waals surface area contributed by atoms with Crippen molar-refractivity contribution in [3.05, 3.63) is 34.9 Å². The number of alkyl halides is 2. The second kappa shape index (κ2) is 4.71. The average Bonchev–Trinajstić information content (AvgIpc) is 2.16. The van der Waals surface area contributed by atoms with Gasteiger partial charge in [0.2, 0.25) is 0 Å². The highest BCUT2D eigenvalue weighted by Crippen LogP contribution is 2.22. The monoisotopic (exact) mass is 195 g/mol. The molecule has 1 aromatic carbocycles. The number of benzene rings is 1. The number of rotatable bonds is 3. The van der Waals surface area contributed by atoms with Crippen molar-refractivity contribution in [2.45, 2.75) is 26.2 Å². The third-order valence-corrected chi connectivity index (χ3v) is 2.13. The summed E-state index contributed by atoms with van der Waals surface area (Å²) in [4.78, 5) is 0. The van der Waals surface area contributed by atoms with E-state index in [1.54, 1.807) is 6.07 Å². The number of nitriles is 1. The molecule has 0 aliphatic rings. The molecule has 0 amide bonds. The van der Waals surface area contributed by atoms with Crippen molar-refractivity contribution in [3.8, 4) is 6.07 Å². The fraction of sp³-hybridized carbons (Fsp3) is 0.364. The van der Waals surface area contributed by atoms with Crippen LogP contribution in [0.5, 0.6) is 0 Å². The maximum Gasteiger partial charge on any atom is 0.263 e. The predicted molar refractivity (Wildman–Crippen MR) is 50.1 cm³/mol. The molecule has 0 atom stereocenters. The summed E-state index contributed by atoms with van der Waals surface area (Å²) in [7, 11) is 0. The molecular formula is C11H11F2N. The summed E-state index contributed by atoms with van der Waals surface area (Å²) in [6.45, 7) is 1.86. The highest BCUT2D eigenvalue weighted by Gasteiger charge is 2.08. The van der Waals surface area contributed by atoms with Gasteiger partial charge in [0.05, 0.1) is 6.07 Å². The van der Waals surface area contributed by atoms with E-state index in [9.17, 15) is 8.78 Å². The minimum absolute atomic E-state index is 0.0311. The highest BCUT2D eigenvalue weighted by atomic mass is 19.3. The summed E-state index contributed by atoms with van der Waals surface area (Å²) in [5.41, 5.74) is 1.83. The molecule has 0 bridgehead atoms. The molecule has 0 aliphatic heterocycles. The first-order chi connectivity index (χ1) is 6.65. The first-order valence-corrected chi connectivity index (χ1v) is 4.39. The fourth-order valence-electron chi connectivity index (χ4n) is 1.29. The largest absolute Gasteiger partial charge is 0.263 e. The van der Waals surface area contributed by atoms with E-state index >= 15 is 0 Å². The van der Waals surface area contributed by atoms with Gasteiger partial charge in [-0.15, -0.1) is 0 Å². The lowest BCUT2D eigenvalue weighted by Gasteiger charge is -2.06. The predicted octanol–water partition coefficient (Wildman–Crippen LogP) is 3.39. The maximum absolute atomic E-state index is 12.3. The smallest absolute Gasteiger partial charge is 0.205 e. The molecule has 1 rings (SSSR count). The van der Waals surface area contributed by atoms with Crippen LogP contribution in [0.1, 0.15) is 29.5 Å². The SMILES string of the molecule is Cc1ccc(C(F)F)cc1CCC#N. The summed E-state index contributed by atoms with van der Waals surface area (Å²) < 4.78 is 24.7. The lowest BCUT2D eigenvalue weighted by Crippen LogP contribution is -1.92. The Labute approximate surface area is 82.0 Å². The molecule has 1 aromatic rings. The van der Waals surface area contributed by atoms with Crippen molar-refractivity contribution < 1.29 is 8.78 Å². The van der Waals surface area contributed by atoms with Gasteiger partial charge in [-0.05, 0) is 30.5 Å². The van der Waals surface area contributed by atoms with E-state index in [2.05, 4.69) is 0 Å². The zero-order valence-electron chi connectivity index (χ0n) is 7.93. The molecule has 0 saturated carbocycles. The molecule has 0 heterocycles. The van der Waals surface area contributed by atoms with Crippen LogP contribution < -0.4 is 0 Å². The summed E-state index contributed by atoms with van der Waals surface area (Å²) >= 11 is 0. The van der Waals surface area contributed by atoms with Crippen molar-refractivity contribution in [1.82, 2.24) is 0 Å². The van der Waals surface area contributed by atoms with Crippen LogP contribution in [-0.2, 0) is 6.42 Å². The van der Waals surface area contributed by atoms with E-state index in [-0.39, 0.29) is 5.56 Å². The Kier molecular flexibility index (Phi) is 3.58. The van der Waals surface area contributed by atoms with Gasteiger partial charge < -0.3 is 0 Å². The van der Waals surface area contributed by atoms with Crippen molar-refractivity contribution in [1.29, 1.82) is 5.26 Å². The molecule has 0 radical (unpaired) electrons. The second-order valence-electron chi connectivity index (χ2n) is 3.14. The minimum atomic E-state index is -2.43. The maximum atomic E-state index is 12.3. The van der Waals surface area contributed by atoms with E-state index in [1.165, 1.54) is 12.1 Å². The van der Waals surface area contributed by atoms with Crippen LogP contribution in [0.3, 0.4) is 0 Å². The van der Waals surface area contributed by atoms with Gasteiger partial charge in [0.1, 0.15) is 0 Å². The molecule has 74 valence electrons. The van der Waals surface area contributed by atoms with Crippen LogP contribution in [-0.4, -0.2) is 0 Å². The highest BCUT2D eigenvalue weighted by molar-refractivity contribution is 5.32. The molecule has 0 spiro atoms. The van der Waals surface area contributed by atoms with Crippen LogP contribution in [0.15, 0.2) is 18.2 Å². The van der Waals surface area contributed by atoms with E-state index in [0.29, 0.717) is 12.8 Å². The first-order valence-electron chi connectivity index (χ1n) is 4.39. The first kappa shape index (κ1) is 10.6. The van der Waals surface area contributed by atoms with Crippen LogP contribution in [0, 0.1) is 18.3 Å². The van der Waals surface area contributed by atoms with E-state index in [0.717, 1.165) is 11.1 Å². The topological polar surface area (TPSA) is 23.8 Å². The number of halogens is 2. The number of hydrogen-bond donors (Lipinski definition) is 0. The average molecular weight is 195 g/mol. The Bertz CT molecular complexity index is 353. The van der Waals surface area contributed by atoms with Gasteiger partial charge in [0, 0.05) is 12.0 Å². The van der Waals surface area contributed by atoms with Crippen LogP contribution in [0.4, 0.5) is 8.78 Å². The Balaban J connectivity index is 2.91. The fourth-order valence-corrected chi connectivity index (χ4v) is 1.29. The number of nitrogens with zero attached hydrogens (tertiary/aromatic N) is 1. The lowest BCUT2D eigenvalue weighted by atomic mass is 10.0. The van der Waals surface area contributed by atoms with Gasteiger partial charge in [-0.1, -0.05) is 12.1 Å². The third-order valence-electron chi connectivity index (χ3n) is 2.13. The molecule has 0 N–H and O–H groups in total. The quantitative estimate of drug-likeness (QED) is 0.725. The number of hydrogen-bond acceptors (Lipinski definition) is 1. The summed E-state index contributed by atoms with van der Waals surface area (Å²) in [6.07, 6.45) is -1.52. The normalized spacial score (nSPS) is 10.2. The summed E-state index contributed by atoms with van der Waals surface area (Å²) in [6, 6.07) is 6.59. The lowest BCUT2D eigenvalue weighted by molar-refractivity contribution is 0.151. The number of aryl methyl sites for hydroxylation is 2. The van der Waals surface area contributed by atoms with Crippen molar-refractivity contribution in [2.75, 3.05) is 0 Å². The molecule has 0 fully saturated rings. The molecule has 3 heteroatoms. The molecule has 0 aliphatic carbocycles. The molecule has 14 heavy (non-hydrogen) atoms. The van der Waals surface area contributed by atoms with Gasteiger partial charge >= 0.3 is 0 Å². The Morgan fingerprint density at radius 2 is 2.14 bits per heavy atom. The Morgan fingerprint density at radius 1 is 1.43 bits per heavy atom. The van der Waals surface area contributed by atoms with Crippen LogP contribution in [0.25, 0.3) is 0 Å². The van der Waals surface area contributed by atoms with E-state index in [4.69, 9.17) is 5.26 Å². The molecule has 0 unspecified atom stereocenters. The van der Waals surface area contributed by atoms with Crippen molar-refractivity contribution >= 4 is 0 Å². The van der Waals surface area contributed by atoms with Gasteiger partial charge in [-0.3, -0.25) is 0 Å². The van der Waals surface area contributed by atoms with Gasteiger partial charge in [-0.25, -0.2) is 8.78 Å². The zero-order valence-corrected chi connectivity index (χ0v) is 7.93. The molecular weight excluding hydrogens is 184 g/mol. The van der Waals surface area contributed by atoms with E-state index in [1.807, 2.05) is 13.0 Å². The van der Waals surface area contributed by atoms with Crippen LogP contribution >= 0.6 is 0 Å². The zero-order chi connectivity index (χ0) is 10.6. The van der Waals surface area contributed by atoms with Gasteiger partial charge in [0.15, 0.2) is 0 Å². The van der Waals surface area contributed by atoms with Crippen LogP contribution in [0.2, 0.25) is 0 Å². The molecule has 0 aromatic heterocycles. The Morgan fingerprint density at radius 3 is 2.71 bits per heavy atom. The standard InChI is InChI=1S/C11H11F2N/c1-8-4-5-10(11(12)13)7-9(8)3-2-6-14/h4-5,7,11H,2-3H2,1H3. The van der Waals surface area contributed by atoms with Crippen molar-refractivity contribution in [3.63, 3.8) is 0 Å². The summed E-state index contributed by atoms with van der Waals surface area (Å²) in [5.74, 6) is 0. The second-order valence-corrected chi connectivity index (χ2v) is 3.14. The van der Waals surface area contributed by atoms with Crippen molar-refractivity contribution in [2.24, 2.45) is 0 Å².